The number of aliphatic carboxylic acids is 1. The lowest BCUT2D eigenvalue weighted by Crippen LogP contribution is -2.43. The Morgan fingerprint density at radius 2 is 1.80 bits per heavy atom. The standard InChI is InChI=1S/C12H13FN2O5/c13-8-1-3-9(4-2-8)20-7-11(17)15(5-10(14)16)6-12(18)19/h1-4H,5-7H2,(H2,14,16)(H,18,19). The molecule has 0 spiro atoms. The molecule has 20 heavy (non-hydrogen) atoms. The van der Waals surface area contributed by atoms with Crippen LogP contribution in [0.5, 0.6) is 5.75 Å². The molecule has 1 rings (SSSR count). The summed E-state index contributed by atoms with van der Waals surface area (Å²) in [7, 11) is 0. The minimum atomic E-state index is -1.28. The number of rotatable bonds is 7. The Hall–Kier alpha value is -2.64. The van der Waals surface area contributed by atoms with Gasteiger partial charge in [0.2, 0.25) is 5.91 Å². The van der Waals surface area contributed by atoms with Crippen molar-refractivity contribution in [1.82, 2.24) is 4.90 Å². The molecule has 8 heteroatoms. The van der Waals surface area contributed by atoms with Gasteiger partial charge < -0.3 is 20.5 Å². The fourth-order valence-electron chi connectivity index (χ4n) is 1.35. The third-order valence-electron chi connectivity index (χ3n) is 2.20. The van der Waals surface area contributed by atoms with E-state index < -0.39 is 43.3 Å². The van der Waals surface area contributed by atoms with E-state index in [0.29, 0.717) is 0 Å². The highest BCUT2D eigenvalue weighted by Gasteiger charge is 2.19. The lowest BCUT2D eigenvalue weighted by Gasteiger charge is -2.19. The third-order valence-corrected chi connectivity index (χ3v) is 2.20. The van der Waals surface area contributed by atoms with Crippen molar-refractivity contribution in [3.8, 4) is 5.75 Å². The van der Waals surface area contributed by atoms with E-state index in [-0.39, 0.29) is 5.75 Å². The highest BCUT2D eigenvalue weighted by Crippen LogP contribution is 2.11. The van der Waals surface area contributed by atoms with Gasteiger partial charge in [0.15, 0.2) is 6.61 Å². The van der Waals surface area contributed by atoms with Gasteiger partial charge in [-0.05, 0) is 24.3 Å². The lowest BCUT2D eigenvalue weighted by molar-refractivity contribution is -0.146. The second-order valence-electron chi connectivity index (χ2n) is 3.85. The van der Waals surface area contributed by atoms with Crippen LogP contribution in [-0.2, 0) is 14.4 Å². The zero-order valence-corrected chi connectivity index (χ0v) is 10.4. The number of hydrogen-bond donors (Lipinski definition) is 2. The van der Waals surface area contributed by atoms with Gasteiger partial charge in [0.1, 0.15) is 24.7 Å². The molecule has 0 aliphatic heterocycles. The molecule has 0 unspecified atom stereocenters. The molecule has 0 aliphatic rings. The molecule has 0 aliphatic carbocycles. The fourth-order valence-corrected chi connectivity index (χ4v) is 1.35. The van der Waals surface area contributed by atoms with Crippen molar-refractivity contribution in [2.24, 2.45) is 5.73 Å². The van der Waals surface area contributed by atoms with Crippen LogP contribution in [-0.4, -0.2) is 47.5 Å². The van der Waals surface area contributed by atoms with Crippen LogP contribution in [0.3, 0.4) is 0 Å². The Morgan fingerprint density at radius 3 is 2.30 bits per heavy atom. The Morgan fingerprint density at radius 1 is 1.20 bits per heavy atom. The van der Waals surface area contributed by atoms with Crippen LogP contribution < -0.4 is 10.5 Å². The van der Waals surface area contributed by atoms with Crippen LogP contribution in [0.4, 0.5) is 4.39 Å². The summed E-state index contributed by atoms with van der Waals surface area (Å²) in [6.07, 6.45) is 0. The van der Waals surface area contributed by atoms with Gasteiger partial charge >= 0.3 is 5.97 Å². The predicted octanol–water partition coefficient (Wildman–Crippen LogP) is -0.397. The minimum absolute atomic E-state index is 0.245. The number of amides is 2. The molecule has 0 saturated heterocycles. The van der Waals surface area contributed by atoms with Gasteiger partial charge in [-0.2, -0.15) is 0 Å². The van der Waals surface area contributed by atoms with Gasteiger partial charge in [-0.1, -0.05) is 0 Å². The first-order chi connectivity index (χ1) is 9.38. The molecule has 108 valence electrons. The number of hydrogen-bond acceptors (Lipinski definition) is 4. The topological polar surface area (TPSA) is 110 Å². The Bertz CT molecular complexity index is 487. The van der Waals surface area contributed by atoms with Crippen molar-refractivity contribution in [2.75, 3.05) is 19.7 Å². The lowest BCUT2D eigenvalue weighted by atomic mass is 10.3. The number of benzene rings is 1. The summed E-state index contributed by atoms with van der Waals surface area (Å²) in [4.78, 5) is 33.8. The normalized spacial score (nSPS) is 9.85. The monoisotopic (exact) mass is 284 g/mol. The number of primary amides is 1. The van der Waals surface area contributed by atoms with Crippen molar-refractivity contribution in [3.05, 3.63) is 30.1 Å². The molecule has 1 aromatic carbocycles. The summed E-state index contributed by atoms with van der Waals surface area (Å²) in [5.74, 6) is -3.03. The quantitative estimate of drug-likeness (QED) is 0.708. The van der Waals surface area contributed by atoms with E-state index in [1.54, 1.807) is 0 Å². The van der Waals surface area contributed by atoms with Crippen LogP contribution in [0.2, 0.25) is 0 Å². The fraction of sp³-hybridized carbons (Fsp3) is 0.250. The molecular formula is C12H13FN2O5. The number of carboxylic acid groups (broad SMARTS) is 1. The maximum atomic E-state index is 12.7. The summed E-state index contributed by atoms with van der Waals surface area (Å²) in [6, 6.07) is 4.94. The largest absolute Gasteiger partial charge is 0.484 e. The third kappa shape index (κ3) is 5.34. The number of carboxylic acids is 1. The average molecular weight is 284 g/mol. The first-order valence-electron chi connectivity index (χ1n) is 5.54. The Kier molecular flexibility index (Phi) is 5.45. The van der Waals surface area contributed by atoms with Gasteiger partial charge in [-0.15, -0.1) is 0 Å². The summed E-state index contributed by atoms with van der Waals surface area (Å²) < 4.78 is 17.7. The van der Waals surface area contributed by atoms with E-state index in [1.807, 2.05) is 0 Å². The number of carbonyl (C=O) groups excluding carboxylic acids is 2. The Balaban J connectivity index is 2.58. The molecule has 7 nitrogen and oxygen atoms in total. The first kappa shape index (κ1) is 15.4. The van der Waals surface area contributed by atoms with Crippen molar-refractivity contribution in [1.29, 1.82) is 0 Å². The maximum Gasteiger partial charge on any atom is 0.323 e. The summed E-state index contributed by atoms with van der Waals surface area (Å²) in [6.45, 7) is -1.65. The number of nitrogens with zero attached hydrogens (tertiary/aromatic N) is 1. The van der Waals surface area contributed by atoms with Gasteiger partial charge in [0, 0.05) is 0 Å². The number of carbonyl (C=O) groups is 3. The predicted molar refractivity (Wildman–Crippen MR) is 65.3 cm³/mol. The van der Waals surface area contributed by atoms with Crippen molar-refractivity contribution in [3.63, 3.8) is 0 Å². The van der Waals surface area contributed by atoms with E-state index in [0.717, 1.165) is 17.0 Å². The van der Waals surface area contributed by atoms with Crippen LogP contribution in [0.1, 0.15) is 0 Å². The van der Waals surface area contributed by atoms with E-state index in [4.69, 9.17) is 15.6 Å². The minimum Gasteiger partial charge on any atom is -0.484 e. The highest BCUT2D eigenvalue weighted by molar-refractivity contribution is 5.87. The summed E-state index contributed by atoms with van der Waals surface area (Å²) in [5, 5.41) is 8.63. The summed E-state index contributed by atoms with van der Waals surface area (Å²) in [5.41, 5.74) is 4.92. The molecule has 3 N–H and O–H groups in total. The van der Waals surface area contributed by atoms with E-state index in [1.165, 1.54) is 12.1 Å². The van der Waals surface area contributed by atoms with E-state index in [9.17, 15) is 18.8 Å². The molecule has 0 saturated carbocycles. The van der Waals surface area contributed by atoms with Crippen LogP contribution in [0.15, 0.2) is 24.3 Å². The van der Waals surface area contributed by atoms with Crippen LogP contribution in [0, 0.1) is 5.82 Å². The molecule has 0 heterocycles. The van der Waals surface area contributed by atoms with Crippen molar-refractivity contribution in [2.45, 2.75) is 0 Å². The van der Waals surface area contributed by atoms with Gasteiger partial charge in [-0.3, -0.25) is 14.4 Å². The first-order valence-corrected chi connectivity index (χ1v) is 5.54. The van der Waals surface area contributed by atoms with Crippen LogP contribution in [0.25, 0.3) is 0 Å². The molecular weight excluding hydrogens is 271 g/mol. The van der Waals surface area contributed by atoms with Gasteiger partial charge in [0.05, 0.1) is 0 Å². The SMILES string of the molecule is NC(=O)CN(CC(=O)O)C(=O)COc1ccc(F)cc1. The van der Waals surface area contributed by atoms with Crippen LogP contribution >= 0.6 is 0 Å². The average Bonchev–Trinajstić information content (AvgIpc) is 2.36. The van der Waals surface area contributed by atoms with Gasteiger partial charge in [-0.25, -0.2) is 4.39 Å². The van der Waals surface area contributed by atoms with E-state index >= 15 is 0 Å². The number of ether oxygens (including phenoxy) is 1. The zero-order valence-electron chi connectivity index (χ0n) is 10.4. The van der Waals surface area contributed by atoms with Crippen molar-refractivity contribution >= 4 is 17.8 Å². The molecule has 2 amide bonds. The number of nitrogens with two attached hydrogens (primary N) is 1. The van der Waals surface area contributed by atoms with E-state index in [2.05, 4.69) is 0 Å². The molecule has 0 bridgehead atoms. The molecule has 0 aromatic heterocycles. The molecule has 1 aromatic rings. The maximum absolute atomic E-state index is 12.7. The smallest absolute Gasteiger partial charge is 0.323 e. The molecule has 0 fully saturated rings. The number of halogens is 1. The molecule has 0 atom stereocenters. The second-order valence-corrected chi connectivity index (χ2v) is 3.85. The highest BCUT2D eigenvalue weighted by atomic mass is 19.1. The Labute approximate surface area is 113 Å². The summed E-state index contributed by atoms with van der Waals surface area (Å²) >= 11 is 0. The zero-order chi connectivity index (χ0) is 15.1. The molecule has 0 radical (unpaired) electrons. The van der Waals surface area contributed by atoms with Gasteiger partial charge in [0.25, 0.3) is 5.91 Å². The van der Waals surface area contributed by atoms with Crippen molar-refractivity contribution < 1.29 is 28.6 Å². The second kappa shape index (κ2) is 7.07.